The molecule has 4 atom stereocenters. The molecule has 0 bridgehead atoms. The third-order valence-corrected chi connectivity index (χ3v) is 15.5. The number of morpholine rings is 8. The molecule has 4 N–H and O–H groups in total. The van der Waals surface area contributed by atoms with E-state index in [4.69, 9.17) is 49.4 Å². The van der Waals surface area contributed by atoms with Crippen molar-refractivity contribution in [3.05, 3.63) is 69.3 Å². The zero-order chi connectivity index (χ0) is 59.0. The van der Waals surface area contributed by atoms with Crippen molar-refractivity contribution in [3.63, 3.8) is 0 Å². The van der Waals surface area contributed by atoms with Crippen LogP contribution in [0.15, 0.2) is 49.1 Å². The molecular formula is C56H84N16O12. The highest BCUT2D eigenvalue weighted by Crippen LogP contribution is 2.34. The molecule has 8 fully saturated rings. The lowest BCUT2D eigenvalue weighted by atomic mass is 10.2. The van der Waals surface area contributed by atoms with E-state index >= 15 is 0 Å². The molecule has 460 valence electrons. The zero-order valence-corrected chi connectivity index (χ0v) is 49.0. The number of rotatable bonds is 10. The normalized spacial score (nSPS) is 23.3. The first-order valence-corrected chi connectivity index (χ1v) is 29.3. The Morgan fingerprint density at radius 1 is 0.369 bits per heavy atom. The van der Waals surface area contributed by atoms with E-state index in [0.29, 0.717) is 77.5 Å². The predicted molar refractivity (Wildman–Crippen MR) is 322 cm³/mol. The van der Waals surface area contributed by atoms with Crippen LogP contribution >= 0.6 is 0 Å². The van der Waals surface area contributed by atoms with Gasteiger partial charge in [0, 0.05) is 117 Å². The summed E-state index contributed by atoms with van der Waals surface area (Å²) in [5.74, 6) is 2.61. The van der Waals surface area contributed by atoms with Gasteiger partial charge in [0.25, 0.3) is 0 Å². The molecule has 12 heterocycles. The number of anilines is 10. The van der Waals surface area contributed by atoms with Crippen LogP contribution in [0.5, 0.6) is 0 Å². The molecule has 4 aromatic heterocycles. The first kappa shape index (κ1) is 61.6. The Labute approximate surface area is 491 Å². The largest absolute Gasteiger partial charge is 0.396 e. The second kappa shape index (κ2) is 30.2. The van der Waals surface area contributed by atoms with Crippen LogP contribution in [0, 0.1) is 20.2 Å². The number of nitrogens with zero attached hydrogens (tertiary/aromatic N) is 14. The van der Waals surface area contributed by atoms with Gasteiger partial charge in [-0.05, 0) is 39.8 Å². The van der Waals surface area contributed by atoms with Crippen molar-refractivity contribution in [2.75, 3.05) is 235 Å². The van der Waals surface area contributed by atoms with E-state index in [2.05, 4.69) is 63.2 Å². The second-order valence-electron chi connectivity index (χ2n) is 21.7. The Morgan fingerprint density at radius 3 is 0.833 bits per heavy atom. The van der Waals surface area contributed by atoms with Crippen LogP contribution < -0.4 is 50.7 Å². The third kappa shape index (κ3) is 16.7. The minimum absolute atomic E-state index is 0.0542. The zero-order valence-electron chi connectivity index (χ0n) is 49.0. The Morgan fingerprint density at radius 2 is 0.595 bits per heavy atom. The Balaban J connectivity index is 0.000000134. The number of nitrogen functional groups attached to an aromatic ring is 2. The molecular weight excluding hydrogens is 1090 g/mol. The lowest BCUT2D eigenvalue weighted by Gasteiger charge is -2.33. The van der Waals surface area contributed by atoms with Crippen molar-refractivity contribution in [1.82, 2.24) is 19.9 Å². The molecule has 0 unspecified atom stereocenters. The van der Waals surface area contributed by atoms with E-state index < -0.39 is 0 Å². The molecule has 12 rings (SSSR count). The summed E-state index contributed by atoms with van der Waals surface area (Å²) in [6.45, 7) is 28.5. The SMILES string of the molecule is C[C@@H]1CN(c2cnc(N3CCOCC3)c(N)c2)CCO1.C[C@@H]1CN(c2cnc(N3CCOCC3)c([N+](=O)[O-])c2)CCO1.C[C@H]1CN(c2cnc(N3CCOCC3)c(N)c2)CCO1.C[C@H]1CN(c2cnc(N3CCOCC3)c([N+](=O)[O-])c2)CCO1. The number of nitro groups is 2. The molecule has 0 saturated carbocycles. The Bertz CT molecular complexity index is 2570. The number of hydrogen-bond donors (Lipinski definition) is 2. The van der Waals surface area contributed by atoms with E-state index in [0.717, 1.165) is 164 Å². The van der Waals surface area contributed by atoms with E-state index in [-0.39, 0.29) is 45.6 Å². The summed E-state index contributed by atoms with van der Waals surface area (Å²) in [5, 5.41) is 22.9. The van der Waals surface area contributed by atoms with E-state index in [1.54, 1.807) is 24.5 Å². The van der Waals surface area contributed by atoms with E-state index in [1.165, 1.54) is 0 Å². The van der Waals surface area contributed by atoms with Gasteiger partial charge in [0.1, 0.15) is 0 Å². The van der Waals surface area contributed by atoms with Gasteiger partial charge in [-0.25, -0.2) is 19.9 Å². The first-order valence-electron chi connectivity index (χ1n) is 29.3. The number of ether oxygens (including phenoxy) is 8. The molecule has 0 aromatic carbocycles. The predicted octanol–water partition coefficient (Wildman–Crippen LogP) is 3.55. The van der Waals surface area contributed by atoms with Crippen molar-refractivity contribution in [2.45, 2.75) is 52.1 Å². The standard InChI is InChI=1S/2C14H20N4O4.2C14H22N4O2/c2*1-11-10-17(4-7-22-11)12-8-13(18(19)20)14(15-9-12)16-2-5-21-6-3-16;2*1-11-10-18(4-7-20-11)12-8-13(15)14(16-9-12)17-2-5-19-6-3-17/h2*8-9,11H,2-7,10H2,1H3;2*8-9,11H,2-7,10,15H2,1H3/t4*11-/m1010/s1. The van der Waals surface area contributed by atoms with Gasteiger partial charge in [0.15, 0.2) is 11.6 Å². The van der Waals surface area contributed by atoms with Gasteiger partial charge in [-0.2, -0.15) is 0 Å². The van der Waals surface area contributed by atoms with Crippen LogP contribution in [0.3, 0.4) is 0 Å². The first-order chi connectivity index (χ1) is 40.8. The number of aromatic nitrogens is 4. The van der Waals surface area contributed by atoms with Crippen molar-refractivity contribution >= 4 is 68.8 Å². The van der Waals surface area contributed by atoms with Crippen LogP contribution in [-0.4, -0.2) is 238 Å². The maximum atomic E-state index is 11.4. The summed E-state index contributed by atoms with van der Waals surface area (Å²) < 4.78 is 43.4. The van der Waals surface area contributed by atoms with Gasteiger partial charge in [0.2, 0.25) is 11.6 Å². The van der Waals surface area contributed by atoms with Crippen LogP contribution in [-0.2, 0) is 37.9 Å². The number of pyridine rings is 4. The maximum absolute atomic E-state index is 11.4. The van der Waals surface area contributed by atoms with Crippen molar-refractivity contribution in [3.8, 4) is 0 Å². The van der Waals surface area contributed by atoms with Gasteiger partial charge in [-0.1, -0.05) is 0 Å². The monoisotopic (exact) mass is 1170 g/mol. The van der Waals surface area contributed by atoms with Gasteiger partial charge in [-0.15, -0.1) is 0 Å². The summed E-state index contributed by atoms with van der Waals surface area (Å²) in [4.78, 5) is 56.9. The van der Waals surface area contributed by atoms with Crippen LogP contribution in [0.2, 0.25) is 0 Å². The molecule has 4 aromatic rings. The topological polar surface area (TPSA) is 290 Å². The number of hydrogen-bond acceptors (Lipinski definition) is 26. The lowest BCUT2D eigenvalue weighted by Crippen LogP contribution is -2.41. The molecule has 8 aliphatic rings. The van der Waals surface area contributed by atoms with E-state index in [9.17, 15) is 20.2 Å². The fourth-order valence-corrected chi connectivity index (χ4v) is 11.1. The van der Waals surface area contributed by atoms with Crippen molar-refractivity contribution in [2.24, 2.45) is 0 Å². The van der Waals surface area contributed by atoms with Crippen LogP contribution in [0.1, 0.15) is 27.7 Å². The lowest BCUT2D eigenvalue weighted by molar-refractivity contribution is -0.384. The summed E-state index contributed by atoms with van der Waals surface area (Å²) >= 11 is 0. The average molecular weight is 1170 g/mol. The summed E-state index contributed by atoms with van der Waals surface area (Å²) in [6.07, 6.45) is 8.01. The molecule has 8 saturated heterocycles. The molecule has 28 nitrogen and oxygen atoms in total. The molecule has 0 radical (unpaired) electrons. The second-order valence-corrected chi connectivity index (χ2v) is 21.7. The minimum atomic E-state index is -0.356. The van der Waals surface area contributed by atoms with Gasteiger partial charge >= 0.3 is 11.4 Å². The fraction of sp³-hybridized carbons (Fsp3) is 0.643. The highest BCUT2D eigenvalue weighted by atomic mass is 16.6. The maximum Gasteiger partial charge on any atom is 0.313 e. The van der Waals surface area contributed by atoms with Gasteiger partial charge in [-0.3, -0.25) is 20.2 Å². The Kier molecular flexibility index (Phi) is 22.2. The third-order valence-electron chi connectivity index (χ3n) is 15.5. The van der Waals surface area contributed by atoms with Crippen molar-refractivity contribution in [1.29, 1.82) is 0 Å². The highest BCUT2D eigenvalue weighted by Gasteiger charge is 2.29. The molecule has 84 heavy (non-hydrogen) atoms. The van der Waals surface area contributed by atoms with Crippen LogP contribution in [0.25, 0.3) is 0 Å². The van der Waals surface area contributed by atoms with Gasteiger partial charge in [0.05, 0.1) is 172 Å². The molecule has 0 spiro atoms. The molecule has 8 aliphatic heterocycles. The molecule has 0 aliphatic carbocycles. The molecule has 28 heteroatoms. The quantitative estimate of drug-likeness (QED) is 0.170. The Hall–Kier alpha value is -6.92. The minimum Gasteiger partial charge on any atom is -0.396 e. The van der Waals surface area contributed by atoms with Gasteiger partial charge < -0.3 is 88.6 Å². The van der Waals surface area contributed by atoms with Crippen LogP contribution in [0.4, 0.5) is 68.8 Å². The van der Waals surface area contributed by atoms with E-state index in [1.807, 2.05) is 48.2 Å². The smallest absolute Gasteiger partial charge is 0.313 e. The number of nitrogens with two attached hydrogens (primary N) is 2. The highest BCUT2D eigenvalue weighted by molar-refractivity contribution is 5.70. The summed E-state index contributed by atoms with van der Waals surface area (Å²) in [7, 11) is 0. The average Bonchev–Trinajstić information content (AvgIpc) is 3.60. The van der Waals surface area contributed by atoms with Crippen molar-refractivity contribution < 1.29 is 47.7 Å². The summed E-state index contributed by atoms with van der Waals surface area (Å²) in [6, 6.07) is 7.29. The summed E-state index contributed by atoms with van der Waals surface area (Å²) in [5.41, 5.74) is 17.7. The fourth-order valence-electron chi connectivity index (χ4n) is 11.1. The molecule has 0 amide bonds.